The molecule has 0 bridgehead atoms. The second kappa shape index (κ2) is 8.71. The number of likely N-dealkylation sites (N-methyl/N-ethyl adjacent to an activating group) is 1. The van der Waals surface area contributed by atoms with Gasteiger partial charge in [-0.15, -0.1) is 0 Å². The summed E-state index contributed by atoms with van der Waals surface area (Å²) in [5.41, 5.74) is 6.39. The van der Waals surface area contributed by atoms with Crippen LogP contribution in [-0.4, -0.2) is 59.8 Å². The van der Waals surface area contributed by atoms with E-state index >= 15 is 0 Å². The van der Waals surface area contributed by atoms with E-state index in [1.54, 1.807) is 6.21 Å². The summed E-state index contributed by atoms with van der Waals surface area (Å²) in [5, 5.41) is 3.25. The average Bonchev–Trinajstić information content (AvgIpc) is 2.40. The van der Waals surface area contributed by atoms with E-state index in [-0.39, 0.29) is 0 Å². The minimum Gasteiger partial charge on any atom is -0.382 e. The molecule has 1 aromatic rings. The van der Waals surface area contributed by atoms with Gasteiger partial charge in [-0.3, -0.25) is 4.99 Å². The van der Waals surface area contributed by atoms with Crippen LogP contribution in [0.2, 0.25) is 0 Å². The predicted molar refractivity (Wildman–Crippen MR) is 84.6 cm³/mol. The highest BCUT2D eigenvalue weighted by Gasteiger charge is 2.07. The highest BCUT2D eigenvalue weighted by molar-refractivity contribution is 7.98. The summed E-state index contributed by atoms with van der Waals surface area (Å²) in [6.45, 7) is 4.66. The molecule has 1 aromatic heterocycles. The van der Waals surface area contributed by atoms with Crippen LogP contribution >= 0.6 is 11.8 Å². The lowest BCUT2D eigenvalue weighted by Gasteiger charge is -2.16. The SMILES string of the molecule is CC=Nc1c(N)ncnc1NCCN(C)CCSC. The smallest absolute Gasteiger partial charge is 0.157 e. The summed E-state index contributed by atoms with van der Waals surface area (Å²) < 4.78 is 0. The van der Waals surface area contributed by atoms with Crippen LogP contribution in [0.3, 0.4) is 0 Å². The number of aromatic nitrogens is 2. The van der Waals surface area contributed by atoms with Crippen molar-refractivity contribution >= 4 is 35.3 Å². The molecular weight excluding hydrogens is 260 g/mol. The molecule has 0 aliphatic rings. The van der Waals surface area contributed by atoms with Crippen molar-refractivity contribution in [1.82, 2.24) is 14.9 Å². The van der Waals surface area contributed by atoms with E-state index in [1.807, 2.05) is 18.7 Å². The summed E-state index contributed by atoms with van der Waals surface area (Å²) in [6, 6.07) is 0. The van der Waals surface area contributed by atoms with Gasteiger partial charge in [0.25, 0.3) is 0 Å². The molecule has 0 saturated heterocycles. The van der Waals surface area contributed by atoms with Crippen molar-refractivity contribution < 1.29 is 0 Å². The fourth-order valence-corrected chi connectivity index (χ4v) is 2.00. The molecule has 0 fully saturated rings. The normalized spacial score (nSPS) is 11.4. The van der Waals surface area contributed by atoms with Gasteiger partial charge < -0.3 is 16.0 Å². The Labute approximate surface area is 118 Å². The van der Waals surface area contributed by atoms with Crippen molar-refractivity contribution in [3.63, 3.8) is 0 Å². The molecule has 0 radical (unpaired) electrons. The van der Waals surface area contributed by atoms with Crippen LogP contribution in [0.5, 0.6) is 0 Å². The summed E-state index contributed by atoms with van der Waals surface area (Å²) in [6.07, 6.45) is 5.25. The topological polar surface area (TPSA) is 79.4 Å². The maximum Gasteiger partial charge on any atom is 0.157 e. The van der Waals surface area contributed by atoms with E-state index in [0.717, 1.165) is 25.4 Å². The quantitative estimate of drug-likeness (QED) is 0.703. The number of hydrogen-bond acceptors (Lipinski definition) is 7. The van der Waals surface area contributed by atoms with Gasteiger partial charge in [0.1, 0.15) is 12.0 Å². The zero-order chi connectivity index (χ0) is 14.1. The van der Waals surface area contributed by atoms with E-state index in [9.17, 15) is 0 Å². The second-order valence-corrected chi connectivity index (χ2v) is 5.05. The third-order valence-corrected chi connectivity index (χ3v) is 3.16. The van der Waals surface area contributed by atoms with Crippen molar-refractivity contribution in [2.45, 2.75) is 6.92 Å². The highest BCUT2D eigenvalue weighted by atomic mass is 32.2. The Morgan fingerprint density at radius 3 is 2.95 bits per heavy atom. The van der Waals surface area contributed by atoms with Gasteiger partial charge in [-0.1, -0.05) is 0 Å². The van der Waals surface area contributed by atoms with Crippen LogP contribution in [-0.2, 0) is 0 Å². The van der Waals surface area contributed by atoms with Crippen molar-refractivity contribution in [1.29, 1.82) is 0 Å². The standard InChI is InChI=1S/C12H22N6S/c1-4-14-10-11(13)16-9-17-12(10)15-5-6-18(2)7-8-19-3/h4,9H,5-8H2,1-3H3,(H3,13,15,16,17). The van der Waals surface area contributed by atoms with Crippen molar-refractivity contribution in [2.75, 3.05) is 49.7 Å². The molecule has 106 valence electrons. The molecule has 0 unspecified atom stereocenters. The summed E-state index contributed by atoms with van der Waals surface area (Å²) >= 11 is 1.85. The number of nitrogens with zero attached hydrogens (tertiary/aromatic N) is 4. The van der Waals surface area contributed by atoms with Crippen LogP contribution in [0.25, 0.3) is 0 Å². The van der Waals surface area contributed by atoms with E-state index < -0.39 is 0 Å². The number of nitrogens with two attached hydrogens (primary N) is 1. The third kappa shape index (κ3) is 5.44. The number of nitrogen functional groups attached to an aromatic ring is 1. The maximum atomic E-state index is 5.79. The molecule has 6 nitrogen and oxygen atoms in total. The van der Waals surface area contributed by atoms with Gasteiger partial charge in [-0.05, 0) is 20.2 Å². The Balaban J connectivity index is 2.51. The molecule has 0 spiro atoms. The number of rotatable bonds is 8. The van der Waals surface area contributed by atoms with Crippen LogP contribution in [0, 0.1) is 0 Å². The maximum absolute atomic E-state index is 5.79. The number of aliphatic imine (C=N–C) groups is 1. The molecule has 0 aromatic carbocycles. The molecule has 3 N–H and O–H groups in total. The molecule has 0 atom stereocenters. The van der Waals surface area contributed by atoms with Gasteiger partial charge in [0, 0.05) is 31.6 Å². The van der Waals surface area contributed by atoms with Crippen LogP contribution in [0.1, 0.15) is 6.92 Å². The highest BCUT2D eigenvalue weighted by Crippen LogP contribution is 2.26. The van der Waals surface area contributed by atoms with E-state index in [2.05, 4.69) is 38.5 Å². The molecule has 19 heavy (non-hydrogen) atoms. The Kier molecular flexibility index (Phi) is 7.20. The lowest BCUT2D eigenvalue weighted by Crippen LogP contribution is -2.27. The summed E-state index contributed by atoms with van der Waals surface area (Å²) in [5.74, 6) is 2.22. The fraction of sp³-hybridized carbons (Fsp3) is 0.583. The monoisotopic (exact) mass is 282 g/mol. The zero-order valence-electron chi connectivity index (χ0n) is 11.8. The molecule has 0 amide bonds. The van der Waals surface area contributed by atoms with Gasteiger partial charge in [-0.2, -0.15) is 11.8 Å². The van der Waals surface area contributed by atoms with Gasteiger partial charge in [0.05, 0.1) is 0 Å². The molecular formula is C12H22N6S. The first-order chi connectivity index (χ1) is 9.19. The molecule has 1 rings (SSSR count). The van der Waals surface area contributed by atoms with Gasteiger partial charge >= 0.3 is 0 Å². The molecule has 7 heteroatoms. The number of anilines is 2. The molecule has 0 saturated carbocycles. The van der Waals surface area contributed by atoms with Gasteiger partial charge in [0.2, 0.25) is 0 Å². The second-order valence-electron chi connectivity index (χ2n) is 4.07. The Hall–Kier alpha value is -1.34. The summed E-state index contributed by atoms with van der Waals surface area (Å²) in [7, 11) is 2.11. The number of nitrogens with one attached hydrogen (secondary N) is 1. The molecule has 0 aliphatic heterocycles. The largest absolute Gasteiger partial charge is 0.382 e. The first-order valence-electron chi connectivity index (χ1n) is 6.19. The Bertz CT molecular complexity index is 409. The van der Waals surface area contributed by atoms with Gasteiger partial charge in [0.15, 0.2) is 11.6 Å². The first kappa shape index (κ1) is 15.7. The third-order valence-electron chi connectivity index (χ3n) is 2.57. The number of thioether (sulfide) groups is 1. The number of hydrogen-bond donors (Lipinski definition) is 2. The molecule has 1 heterocycles. The van der Waals surface area contributed by atoms with E-state index in [1.165, 1.54) is 6.33 Å². The lowest BCUT2D eigenvalue weighted by molar-refractivity contribution is 0.370. The average molecular weight is 282 g/mol. The Morgan fingerprint density at radius 1 is 1.47 bits per heavy atom. The van der Waals surface area contributed by atoms with Crippen molar-refractivity contribution in [3.8, 4) is 0 Å². The summed E-state index contributed by atoms with van der Waals surface area (Å²) in [4.78, 5) is 14.6. The minimum atomic E-state index is 0.395. The van der Waals surface area contributed by atoms with Gasteiger partial charge in [-0.25, -0.2) is 9.97 Å². The van der Waals surface area contributed by atoms with Crippen molar-refractivity contribution in [3.05, 3.63) is 6.33 Å². The minimum absolute atomic E-state index is 0.395. The Morgan fingerprint density at radius 2 is 2.26 bits per heavy atom. The van der Waals surface area contributed by atoms with Crippen LogP contribution < -0.4 is 11.1 Å². The van der Waals surface area contributed by atoms with E-state index in [4.69, 9.17) is 5.73 Å². The first-order valence-corrected chi connectivity index (χ1v) is 7.59. The fourth-order valence-electron chi connectivity index (χ4n) is 1.50. The molecule has 0 aliphatic carbocycles. The lowest BCUT2D eigenvalue weighted by atomic mass is 10.4. The predicted octanol–water partition coefficient (Wildman–Crippen LogP) is 1.49. The van der Waals surface area contributed by atoms with Crippen molar-refractivity contribution in [2.24, 2.45) is 4.99 Å². The van der Waals surface area contributed by atoms with Crippen LogP contribution in [0.4, 0.5) is 17.3 Å². The van der Waals surface area contributed by atoms with Crippen LogP contribution in [0.15, 0.2) is 11.3 Å². The van der Waals surface area contributed by atoms with E-state index in [0.29, 0.717) is 17.3 Å². The zero-order valence-corrected chi connectivity index (χ0v) is 12.6.